The lowest BCUT2D eigenvalue weighted by Gasteiger charge is -2.70. The van der Waals surface area contributed by atoms with Gasteiger partial charge in [0.1, 0.15) is 0 Å². The molecule has 4 atom stereocenters. The fraction of sp³-hybridized carbons (Fsp3) is 0.929. The van der Waals surface area contributed by atoms with E-state index in [1.165, 1.54) is 63.4 Å². The third-order valence-electron chi connectivity index (χ3n) is 10.4. The molecule has 164 valence electrons. The summed E-state index contributed by atoms with van der Waals surface area (Å²) in [5, 5.41) is 0. The normalized spacial score (nSPS) is 36.9. The summed E-state index contributed by atoms with van der Waals surface area (Å²) in [6, 6.07) is 0. The minimum atomic E-state index is 0.428. The summed E-state index contributed by atoms with van der Waals surface area (Å²) in [5.74, 6) is 2.43. The molecule has 4 unspecified atom stereocenters. The topological polar surface area (TPSA) is 0 Å². The predicted octanol–water partition coefficient (Wildman–Crippen LogP) is 9.44. The van der Waals surface area contributed by atoms with Crippen LogP contribution >= 0.6 is 0 Å². The summed E-state index contributed by atoms with van der Waals surface area (Å²) < 4.78 is 0. The molecule has 2 fully saturated rings. The van der Waals surface area contributed by atoms with Crippen molar-refractivity contribution in [3.8, 4) is 0 Å². The van der Waals surface area contributed by atoms with Gasteiger partial charge in [0, 0.05) is 0 Å². The second-order valence-corrected chi connectivity index (χ2v) is 12.5. The SMILES string of the molecule is C=C(CC)C1CCCC2CC(C)(C)C2(C(C)(C)CC)CCC(C)(C(C)C)CC1. The monoisotopic (exact) mass is 388 g/mol. The highest BCUT2D eigenvalue weighted by Gasteiger charge is 2.65. The van der Waals surface area contributed by atoms with Crippen molar-refractivity contribution in [1.29, 1.82) is 0 Å². The van der Waals surface area contributed by atoms with E-state index in [0.717, 1.165) is 24.2 Å². The van der Waals surface area contributed by atoms with Crippen LogP contribution in [0.15, 0.2) is 12.2 Å². The first-order chi connectivity index (χ1) is 12.9. The van der Waals surface area contributed by atoms with Crippen LogP contribution in [0.3, 0.4) is 0 Å². The van der Waals surface area contributed by atoms with Crippen LogP contribution < -0.4 is 0 Å². The summed E-state index contributed by atoms with van der Waals surface area (Å²) in [6.45, 7) is 27.1. The van der Waals surface area contributed by atoms with Crippen LogP contribution in [-0.2, 0) is 0 Å². The first kappa shape index (κ1) is 24.0. The lowest BCUT2D eigenvalue weighted by Crippen LogP contribution is -2.62. The molecule has 0 amide bonds. The second-order valence-electron chi connectivity index (χ2n) is 12.5. The molecule has 0 radical (unpaired) electrons. The molecule has 2 aliphatic rings. The third kappa shape index (κ3) is 4.00. The second kappa shape index (κ2) is 8.47. The molecule has 2 aliphatic carbocycles. The smallest absolute Gasteiger partial charge is 0.0166 e. The van der Waals surface area contributed by atoms with Gasteiger partial charge in [0.25, 0.3) is 0 Å². The van der Waals surface area contributed by atoms with Crippen LogP contribution in [0.2, 0.25) is 0 Å². The van der Waals surface area contributed by atoms with Crippen molar-refractivity contribution in [3.05, 3.63) is 12.2 Å². The van der Waals surface area contributed by atoms with Crippen LogP contribution in [0.4, 0.5) is 0 Å². The van der Waals surface area contributed by atoms with Crippen molar-refractivity contribution >= 4 is 0 Å². The fourth-order valence-corrected chi connectivity index (χ4v) is 7.55. The fourth-order valence-electron chi connectivity index (χ4n) is 7.55. The van der Waals surface area contributed by atoms with E-state index in [-0.39, 0.29) is 0 Å². The average Bonchev–Trinajstić information content (AvgIpc) is 2.64. The summed E-state index contributed by atoms with van der Waals surface area (Å²) in [7, 11) is 0. The Morgan fingerprint density at radius 1 is 1.00 bits per heavy atom. The van der Waals surface area contributed by atoms with Gasteiger partial charge in [0.05, 0.1) is 0 Å². The maximum absolute atomic E-state index is 4.48. The van der Waals surface area contributed by atoms with Crippen LogP contribution in [0.25, 0.3) is 0 Å². The molecular weight excluding hydrogens is 336 g/mol. The van der Waals surface area contributed by atoms with E-state index in [9.17, 15) is 0 Å². The molecule has 0 aliphatic heterocycles. The number of allylic oxidation sites excluding steroid dienone is 1. The first-order valence-electron chi connectivity index (χ1n) is 12.5. The Morgan fingerprint density at radius 3 is 2.14 bits per heavy atom. The number of fused-ring (bicyclic) bond motifs is 1. The molecule has 2 rings (SSSR count). The summed E-state index contributed by atoms with van der Waals surface area (Å²) in [6.07, 6.45) is 13.7. The van der Waals surface area contributed by atoms with Gasteiger partial charge < -0.3 is 0 Å². The van der Waals surface area contributed by atoms with Gasteiger partial charge in [-0.05, 0) is 90.8 Å². The van der Waals surface area contributed by atoms with E-state index >= 15 is 0 Å². The van der Waals surface area contributed by atoms with Crippen molar-refractivity contribution in [2.24, 2.45) is 39.4 Å². The van der Waals surface area contributed by atoms with Gasteiger partial charge in [0.2, 0.25) is 0 Å². The van der Waals surface area contributed by atoms with E-state index in [2.05, 4.69) is 68.9 Å². The Balaban J connectivity index is 2.42. The highest BCUT2D eigenvalue weighted by Crippen LogP contribution is 2.73. The van der Waals surface area contributed by atoms with Gasteiger partial charge in [-0.25, -0.2) is 0 Å². The molecule has 0 N–H and O–H groups in total. The lowest BCUT2D eigenvalue weighted by atomic mass is 9.34. The van der Waals surface area contributed by atoms with Crippen molar-refractivity contribution in [1.82, 2.24) is 0 Å². The number of hydrogen-bond acceptors (Lipinski definition) is 0. The molecule has 0 saturated heterocycles. The van der Waals surface area contributed by atoms with Gasteiger partial charge in [-0.15, -0.1) is 0 Å². The third-order valence-corrected chi connectivity index (χ3v) is 10.4. The van der Waals surface area contributed by atoms with Crippen molar-refractivity contribution in [2.75, 3.05) is 0 Å². The zero-order chi connectivity index (χ0) is 21.4. The standard InChI is InChI=1S/C28H52/c1-11-22(5)23-14-13-15-24-20-26(8,9)28(24,25(6,7)12-2)19-18-27(10,17-16-23)21(3)4/h21,23-24H,5,11-20H2,1-4,6-10H3. The van der Waals surface area contributed by atoms with E-state index < -0.39 is 0 Å². The van der Waals surface area contributed by atoms with Gasteiger partial charge in [-0.3, -0.25) is 0 Å². The molecular formula is C28H52. The Bertz CT molecular complexity index is 536. The van der Waals surface area contributed by atoms with E-state index in [0.29, 0.717) is 21.7 Å². The highest BCUT2D eigenvalue weighted by molar-refractivity contribution is 5.14. The molecule has 0 spiro atoms. The van der Waals surface area contributed by atoms with E-state index in [4.69, 9.17) is 0 Å². The molecule has 0 aromatic rings. The van der Waals surface area contributed by atoms with Crippen LogP contribution in [0, 0.1) is 39.4 Å². The Morgan fingerprint density at radius 2 is 1.64 bits per heavy atom. The van der Waals surface area contributed by atoms with Crippen molar-refractivity contribution in [3.63, 3.8) is 0 Å². The van der Waals surface area contributed by atoms with E-state index in [1.807, 2.05) is 0 Å². The molecule has 0 aromatic heterocycles. The van der Waals surface area contributed by atoms with Gasteiger partial charge >= 0.3 is 0 Å². The predicted molar refractivity (Wildman–Crippen MR) is 127 cm³/mol. The van der Waals surface area contributed by atoms with Crippen molar-refractivity contribution in [2.45, 2.75) is 127 Å². The minimum Gasteiger partial charge on any atom is -0.0996 e. The summed E-state index contributed by atoms with van der Waals surface area (Å²) >= 11 is 0. The zero-order valence-electron chi connectivity index (χ0n) is 21.0. The Hall–Kier alpha value is -0.260. The Labute approximate surface area is 178 Å². The molecule has 0 nitrogen and oxygen atoms in total. The van der Waals surface area contributed by atoms with Crippen LogP contribution in [-0.4, -0.2) is 0 Å². The molecule has 0 heteroatoms. The first-order valence-corrected chi connectivity index (χ1v) is 12.5. The molecule has 0 heterocycles. The number of rotatable bonds is 5. The lowest BCUT2D eigenvalue weighted by molar-refractivity contribution is -0.213. The van der Waals surface area contributed by atoms with Gasteiger partial charge in [-0.1, -0.05) is 87.3 Å². The minimum absolute atomic E-state index is 0.428. The van der Waals surface area contributed by atoms with Gasteiger partial charge in [-0.2, -0.15) is 0 Å². The summed E-state index contributed by atoms with van der Waals surface area (Å²) in [4.78, 5) is 0. The zero-order valence-corrected chi connectivity index (χ0v) is 21.0. The van der Waals surface area contributed by atoms with Gasteiger partial charge in [0.15, 0.2) is 0 Å². The Kier molecular flexibility index (Phi) is 7.26. The highest BCUT2D eigenvalue weighted by atomic mass is 14.7. The number of hydrogen-bond donors (Lipinski definition) is 0. The van der Waals surface area contributed by atoms with Crippen LogP contribution in [0.1, 0.15) is 127 Å². The van der Waals surface area contributed by atoms with E-state index in [1.54, 1.807) is 0 Å². The maximum Gasteiger partial charge on any atom is -0.0166 e. The largest absolute Gasteiger partial charge is 0.0996 e. The molecule has 0 aromatic carbocycles. The maximum atomic E-state index is 4.48. The summed E-state index contributed by atoms with van der Waals surface area (Å²) in [5.41, 5.74) is 3.39. The molecule has 28 heavy (non-hydrogen) atoms. The molecule has 0 bridgehead atoms. The van der Waals surface area contributed by atoms with Crippen LogP contribution in [0.5, 0.6) is 0 Å². The molecule has 2 saturated carbocycles. The average molecular weight is 389 g/mol. The quantitative estimate of drug-likeness (QED) is 0.411. The van der Waals surface area contributed by atoms with Crippen molar-refractivity contribution < 1.29 is 0 Å².